The van der Waals surface area contributed by atoms with Crippen LogP contribution < -0.4 is 10.6 Å². The molecule has 0 radical (unpaired) electrons. The Morgan fingerprint density at radius 2 is 2.05 bits per heavy atom. The summed E-state index contributed by atoms with van der Waals surface area (Å²) in [5.41, 5.74) is 2.66. The number of nitrogens with zero attached hydrogens (tertiary/aromatic N) is 5. The summed E-state index contributed by atoms with van der Waals surface area (Å²) < 4.78 is 39.2. The number of anilines is 1. The van der Waals surface area contributed by atoms with E-state index in [-0.39, 0.29) is 23.0 Å². The number of rotatable bonds is 9. The number of aromatic nitrogens is 3. The molecular weight excluding hydrogens is 565 g/mol. The van der Waals surface area contributed by atoms with Crippen molar-refractivity contribution in [1.82, 2.24) is 30.2 Å². The minimum Gasteiger partial charge on any atom is -0.365 e. The van der Waals surface area contributed by atoms with E-state index in [1.807, 2.05) is 17.2 Å². The molecule has 0 bridgehead atoms. The lowest BCUT2D eigenvalue weighted by Gasteiger charge is -2.40. The second-order valence-electron chi connectivity index (χ2n) is 11.1. The van der Waals surface area contributed by atoms with Gasteiger partial charge in [0.05, 0.1) is 18.9 Å². The van der Waals surface area contributed by atoms with Gasteiger partial charge in [-0.05, 0) is 49.1 Å². The lowest BCUT2D eigenvalue weighted by molar-refractivity contribution is -0.140. The van der Waals surface area contributed by atoms with Gasteiger partial charge in [-0.1, -0.05) is 6.07 Å². The molecule has 6 rings (SSSR count). The zero-order valence-corrected chi connectivity index (χ0v) is 24.1. The Hall–Kier alpha value is -3.28. The number of hydrogen-bond acceptors (Lipinski definition) is 9. The monoisotopic (exact) mass is 598 g/mol. The standard InChI is InChI=1S/C29H33F3N8OS/c1-41-40-7-2-3-21(40)14-34-26-16-39(15-18-4-5-24-19(9-18)10-20(13-33)37-24)8-6-25(26)38-27-23-11-22(12-29(30,31)32)42-28(23)36-17-35-27/h4-5,9-11,17,21,25-26,34,37H,2-3,6-8,12,14-16H2,1H3,(H,35,36,38)/t21-,25?,26?/m1/s1. The maximum Gasteiger partial charge on any atom is 0.393 e. The van der Waals surface area contributed by atoms with Gasteiger partial charge in [-0.2, -0.15) is 23.5 Å². The van der Waals surface area contributed by atoms with Gasteiger partial charge in [0.2, 0.25) is 0 Å². The molecular formula is C29H33F3N8OS. The zero-order chi connectivity index (χ0) is 29.3. The van der Waals surface area contributed by atoms with Crippen LogP contribution >= 0.6 is 11.3 Å². The first-order valence-corrected chi connectivity index (χ1v) is 14.9. The SMILES string of the molecule is CON1CCC[C@@H]1CNC1CN(Cc2ccc3[nH]c(C#N)cc3c2)CCC1Nc1ncnc2sc(CC(F)(F)F)cc12. The number of fused-ring (bicyclic) bond motifs is 2. The van der Waals surface area contributed by atoms with E-state index in [1.54, 1.807) is 13.2 Å². The summed E-state index contributed by atoms with van der Waals surface area (Å²) >= 11 is 1.06. The van der Waals surface area contributed by atoms with Gasteiger partial charge in [0.15, 0.2) is 0 Å². The van der Waals surface area contributed by atoms with Gasteiger partial charge in [0.1, 0.15) is 28.7 Å². The fraction of sp³-hybridized carbons (Fsp3) is 0.483. The number of nitrogens with one attached hydrogen (secondary N) is 3. The third-order valence-electron chi connectivity index (χ3n) is 8.16. The van der Waals surface area contributed by atoms with Crippen molar-refractivity contribution >= 4 is 38.3 Å². The quantitative estimate of drug-likeness (QED) is 0.252. The number of thiophene rings is 1. The van der Waals surface area contributed by atoms with Crippen molar-refractivity contribution in [2.24, 2.45) is 0 Å². The van der Waals surface area contributed by atoms with Crippen molar-refractivity contribution in [3.05, 3.63) is 52.8 Å². The number of benzene rings is 1. The predicted octanol–water partition coefficient (Wildman–Crippen LogP) is 4.82. The highest BCUT2D eigenvalue weighted by Gasteiger charge is 2.33. The predicted molar refractivity (Wildman–Crippen MR) is 156 cm³/mol. The van der Waals surface area contributed by atoms with Crippen LogP contribution in [0.15, 0.2) is 36.7 Å². The molecule has 3 N–H and O–H groups in total. The molecule has 5 heterocycles. The highest BCUT2D eigenvalue weighted by atomic mass is 32.1. The summed E-state index contributed by atoms with van der Waals surface area (Å²) in [5.74, 6) is 0.570. The Bertz CT molecular complexity index is 1580. The number of piperidine rings is 1. The molecule has 4 aromatic rings. The van der Waals surface area contributed by atoms with Crippen LogP contribution in [0.2, 0.25) is 0 Å². The summed E-state index contributed by atoms with van der Waals surface area (Å²) in [6, 6.07) is 12.2. The first-order valence-electron chi connectivity index (χ1n) is 14.1. The maximum absolute atomic E-state index is 13.1. The van der Waals surface area contributed by atoms with Gasteiger partial charge in [-0.15, -0.1) is 11.3 Å². The third kappa shape index (κ3) is 6.53. The smallest absolute Gasteiger partial charge is 0.365 e. The van der Waals surface area contributed by atoms with Crippen molar-refractivity contribution in [2.75, 3.05) is 38.6 Å². The highest BCUT2D eigenvalue weighted by Crippen LogP contribution is 2.33. The first kappa shape index (κ1) is 28.8. The molecule has 0 saturated carbocycles. The number of hydrogen-bond donors (Lipinski definition) is 3. The highest BCUT2D eigenvalue weighted by molar-refractivity contribution is 7.18. The Morgan fingerprint density at radius 1 is 1.17 bits per heavy atom. The Kier molecular flexibility index (Phi) is 8.33. The van der Waals surface area contributed by atoms with Gasteiger partial charge in [0, 0.05) is 66.6 Å². The van der Waals surface area contributed by atoms with Gasteiger partial charge in [0.25, 0.3) is 0 Å². The van der Waals surface area contributed by atoms with E-state index in [0.717, 1.165) is 74.2 Å². The Labute approximate surface area is 245 Å². The van der Waals surface area contributed by atoms with E-state index >= 15 is 0 Å². The molecule has 2 aliphatic heterocycles. The third-order valence-corrected chi connectivity index (χ3v) is 9.20. The number of aromatic amines is 1. The second kappa shape index (κ2) is 12.1. The average Bonchev–Trinajstić information content (AvgIpc) is 3.69. The molecule has 13 heteroatoms. The first-order chi connectivity index (χ1) is 20.3. The molecule has 2 aliphatic rings. The van der Waals surface area contributed by atoms with Gasteiger partial charge < -0.3 is 20.5 Å². The molecule has 3 atom stereocenters. The number of halogens is 3. The minimum atomic E-state index is -4.27. The number of hydroxylamine groups is 2. The van der Waals surface area contributed by atoms with E-state index in [0.29, 0.717) is 21.7 Å². The largest absolute Gasteiger partial charge is 0.393 e. The van der Waals surface area contributed by atoms with E-state index < -0.39 is 12.6 Å². The van der Waals surface area contributed by atoms with Crippen LogP contribution in [0.4, 0.5) is 19.0 Å². The van der Waals surface area contributed by atoms with E-state index in [1.165, 1.54) is 11.9 Å². The maximum atomic E-state index is 13.1. The molecule has 0 aliphatic carbocycles. The molecule has 0 spiro atoms. The van der Waals surface area contributed by atoms with E-state index in [2.05, 4.69) is 48.7 Å². The van der Waals surface area contributed by atoms with Crippen molar-refractivity contribution < 1.29 is 18.0 Å². The molecule has 3 aromatic heterocycles. The normalized spacial score (nSPS) is 22.2. The van der Waals surface area contributed by atoms with Crippen LogP contribution in [0.25, 0.3) is 21.1 Å². The van der Waals surface area contributed by atoms with E-state index in [9.17, 15) is 18.4 Å². The summed E-state index contributed by atoms with van der Waals surface area (Å²) in [5, 5.41) is 20.3. The second-order valence-corrected chi connectivity index (χ2v) is 12.2. The molecule has 2 fully saturated rings. The van der Waals surface area contributed by atoms with Gasteiger partial charge in [-0.3, -0.25) is 4.90 Å². The van der Waals surface area contributed by atoms with Gasteiger partial charge >= 0.3 is 6.18 Å². The molecule has 2 saturated heterocycles. The fourth-order valence-corrected chi connectivity index (χ4v) is 7.19. The molecule has 0 amide bonds. The summed E-state index contributed by atoms with van der Waals surface area (Å²) in [7, 11) is 1.71. The van der Waals surface area contributed by atoms with Crippen LogP contribution in [-0.4, -0.2) is 82.5 Å². The summed E-state index contributed by atoms with van der Waals surface area (Å²) in [6.45, 7) is 4.07. The molecule has 9 nitrogen and oxygen atoms in total. The van der Waals surface area contributed by atoms with Crippen LogP contribution in [0.1, 0.15) is 35.4 Å². The Balaban J connectivity index is 1.19. The number of alkyl halides is 3. The zero-order valence-electron chi connectivity index (χ0n) is 23.2. The topological polar surface area (TPSA) is 105 Å². The van der Waals surface area contributed by atoms with Crippen molar-refractivity contribution in [3.63, 3.8) is 0 Å². The lowest BCUT2D eigenvalue weighted by Crippen LogP contribution is -2.57. The average molecular weight is 599 g/mol. The number of likely N-dealkylation sites (tertiary alicyclic amines) is 1. The number of H-pyrrole nitrogens is 1. The van der Waals surface area contributed by atoms with Crippen LogP contribution in [-0.2, 0) is 17.8 Å². The van der Waals surface area contributed by atoms with Crippen molar-refractivity contribution in [3.8, 4) is 6.07 Å². The molecule has 1 aromatic carbocycles. The molecule has 2 unspecified atom stereocenters. The fourth-order valence-electron chi connectivity index (χ4n) is 6.16. The minimum absolute atomic E-state index is 0.0213. The van der Waals surface area contributed by atoms with Crippen LogP contribution in [0, 0.1) is 11.3 Å². The summed E-state index contributed by atoms with van der Waals surface area (Å²) in [6.07, 6.45) is -0.860. The van der Waals surface area contributed by atoms with Crippen LogP contribution in [0.5, 0.6) is 0 Å². The van der Waals surface area contributed by atoms with Crippen molar-refractivity contribution in [1.29, 1.82) is 5.26 Å². The van der Waals surface area contributed by atoms with Gasteiger partial charge in [-0.25, -0.2) is 9.97 Å². The lowest BCUT2D eigenvalue weighted by atomic mass is 9.97. The van der Waals surface area contributed by atoms with Crippen molar-refractivity contribution in [2.45, 2.75) is 56.5 Å². The summed E-state index contributed by atoms with van der Waals surface area (Å²) in [4.78, 5) is 20.6. The molecule has 222 valence electrons. The van der Waals surface area contributed by atoms with Crippen LogP contribution in [0.3, 0.4) is 0 Å². The van der Waals surface area contributed by atoms with E-state index in [4.69, 9.17) is 4.84 Å². The Morgan fingerprint density at radius 3 is 2.86 bits per heavy atom. The molecule has 42 heavy (non-hydrogen) atoms. The number of nitriles is 1.